The first kappa shape index (κ1) is 15.8. The van der Waals surface area contributed by atoms with Crippen molar-refractivity contribution in [3.8, 4) is 0 Å². The fourth-order valence-corrected chi connectivity index (χ4v) is 2.65. The van der Waals surface area contributed by atoms with Gasteiger partial charge in [0.25, 0.3) is 0 Å². The molecular weight excluding hydrogens is 295 g/mol. The van der Waals surface area contributed by atoms with Crippen LogP contribution in [-0.4, -0.2) is 28.8 Å². The molecule has 6 heteroatoms. The second-order valence-corrected chi connectivity index (χ2v) is 5.69. The van der Waals surface area contributed by atoms with Gasteiger partial charge in [0.15, 0.2) is 0 Å². The summed E-state index contributed by atoms with van der Waals surface area (Å²) in [5.41, 5.74) is 0.543. The van der Waals surface area contributed by atoms with Crippen LogP contribution in [0.1, 0.15) is 32.3 Å². The van der Waals surface area contributed by atoms with Crippen LogP contribution in [0.25, 0.3) is 0 Å². The maximum absolute atomic E-state index is 13.4. The highest BCUT2D eigenvalue weighted by molar-refractivity contribution is 6.31. The Bertz CT molecular complexity index is 565. The summed E-state index contributed by atoms with van der Waals surface area (Å²) in [4.78, 5) is 25.8. The average Bonchev–Trinajstić information content (AvgIpc) is 2.53. The van der Waals surface area contributed by atoms with Crippen LogP contribution in [0.3, 0.4) is 0 Å². The molecule has 21 heavy (non-hydrogen) atoms. The van der Waals surface area contributed by atoms with E-state index >= 15 is 0 Å². The van der Waals surface area contributed by atoms with Gasteiger partial charge in [-0.2, -0.15) is 0 Å². The standard InChI is InChI=1S/C15H18ClFN2O2/c1-3-13-15(21)19(9(2)6-14(20)18-13)8-10-7-11(17)4-5-12(10)16/h4-5,7,9,13H,3,6,8H2,1-2H3,(H,18,20). The SMILES string of the molecule is CCC1NC(=O)CC(C)N(Cc2cc(F)ccc2Cl)C1=O. The second kappa shape index (κ2) is 6.43. The summed E-state index contributed by atoms with van der Waals surface area (Å²) < 4.78 is 13.4. The van der Waals surface area contributed by atoms with Crippen LogP contribution in [0.5, 0.6) is 0 Å². The molecule has 0 saturated carbocycles. The van der Waals surface area contributed by atoms with Gasteiger partial charge in [0.05, 0.1) is 0 Å². The second-order valence-electron chi connectivity index (χ2n) is 5.28. The van der Waals surface area contributed by atoms with Gasteiger partial charge in [-0.15, -0.1) is 0 Å². The largest absolute Gasteiger partial charge is 0.344 e. The Hall–Kier alpha value is -1.62. The van der Waals surface area contributed by atoms with Crippen LogP contribution in [0, 0.1) is 5.82 Å². The number of carbonyl (C=O) groups excluding carboxylic acids is 2. The topological polar surface area (TPSA) is 49.4 Å². The van der Waals surface area contributed by atoms with E-state index in [-0.39, 0.29) is 30.8 Å². The van der Waals surface area contributed by atoms with Gasteiger partial charge in [-0.1, -0.05) is 18.5 Å². The first-order valence-corrected chi connectivity index (χ1v) is 7.34. The number of nitrogens with one attached hydrogen (secondary N) is 1. The first-order valence-electron chi connectivity index (χ1n) is 6.96. The Morgan fingerprint density at radius 1 is 1.43 bits per heavy atom. The lowest BCUT2D eigenvalue weighted by molar-refractivity contribution is -0.135. The molecule has 1 saturated heterocycles. The Morgan fingerprint density at radius 3 is 2.81 bits per heavy atom. The van der Waals surface area contributed by atoms with Crippen LogP contribution in [0.15, 0.2) is 18.2 Å². The van der Waals surface area contributed by atoms with Crippen molar-refractivity contribution in [1.82, 2.24) is 10.2 Å². The van der Waals surface area contributed by atoms with E-state index in [0.29, 0.717) is 17.0 Å². The van der Waals surface area contributed by atoms with Crippen LogP contribution in [-0.2, 0) is 16.1 Å². The molecule has 1 aliphatic heterocycles. The van der Waals surface area contributed by atoms with Crippen LogP contribution in [0.2, 0.25) is 5.02 Å². The summed E-state index contributed by atoms with van der Waals surface area (Å²) >= 11 is 6.06. The molecule has 2 amide bonds. The summed E-state index contributed by atoms with van der Waals surface area (Å²) in [7, 11) is 0. The van der Waals surface area contributed by atoms with E-state index in [1.54, 1.807) is 4.90 Å². The molecule has 0 bridgehead atoms. The molecule has 2 rings (SSSR count). The Balaban J connectivity index is 2.28. The normalized spacial score (nSPS) is 23.0. The van der Waals surface area contributed by atoms with Crippen molar-refractivity contribution in [3.05, 3.63) is 34.6 Å². The molecule has 1 fully saturated rings. The molecule has 0 aromatic heterocycles. The highest BCUT2D eigenvalue weighted by Crippen LogP contribution is 2.22. The Labute approximate surface area is 128 Å². The van der Waals surface area contributed by atoms with Crippen molar-refractivity contribution < 1.29 is 14.0 Å². The number of amides is 2. The fourth-order valence-electron chi connectivity index (χ4n) is 2.47. The third-order valence-electron chi connectivity index (χ3n) is 3.69. The number of carbonyl (C=O) groups is 2. The zero-order chi connectivity index (χ0) is 15.6. The third kappa shape index (κ3) is 3.53. The van der Waals surface area contributed by atoms with Gasteiger partial charge in [0, 0.05) is 24.0 Å². The van der Waals surface area contributed by atoms with E-state index in [1.807, 2.05) is 13.8 Å². The summed E-state index contributed by atoms with van der Waals surface area (Å²) in [5.74, 6) is -0.697. The predicted octanol–water partition coefficient (Wildman–Crippen LogP) is 2.49. The van der Waals surface area contributed by atoms with Crippen molar-refractivity contribution in [2.45, 2.75) is 45.3 Å². The van der Waals surface area contributed by atoms with Crippen molar-refractivity contribution in [2.24, 2.45) is 0 Å². The van der Waals surface area contributed by atoms with Crippen molar-refractivity contribution >= 4 is 23.4 Å². The molecule has 1 aromatic carbocycles. The summed E-state index contributed by atoms with van der Waals surface area (Å²) in [6.07, 6.45) is 0.750. The number of halogens is 2. The van der Waals surface area contributed by atoms with E-state index in [1.165, 1.54) is 18.2 Å². The predicted molar refractivity (Wildman–Crippen MR) is 78.3 cm³/mol. The van der Waals surface area contributed by atoms with Crippen LogP contribution in [0.4, 0.5) is 4.39 Å². The van der Waals surface area contributed by atoms with Gasteiger partial charge in [-0.3, -0.25) is 9.59 Å². The minimum Gasteiger partial charge on any atom is -0.344 e. The summed E-state index contributed by atoms with van der Waals surface area (Å²) in [5, 5.41) is 3.12. The van der Waals surface area contributed by atoms with E-state index in [4.69, 9.17) is 11.6 Å². The lowest BCUT2D eigenvalue weighted by atomic mass is 10.1. The third-order valence-corrected chi connectivity index (χ3v) is 4.05. The zero-order valence-corrected chi connectivity index (χ0v) is 12.8. The summed E-state index contributed by atoms with van der Waals surface area (Å²) in [6.45, 7) is 3.84. The lowest BCUT2D eigenvalue weighted by Crippen LogP contribution is -2.45. The minimum atomic E-state index is -0.533. The van der Waals surface area contributed by atoms with Crippen molar-refractivity contribution in [1.29, 1.82) is 0 Å². The lowest BCUT2D eigenvalue weighted by Gasteiger charge is -2.29. The van der Waals surface area contributed by atoms with Crippen LogP contribution >= 0.6 is 11.6 Å². The van der Waals surface area contributed by atoms with Crippen molar-refractivity contribution in [3.63, 3.8) is 0 Å². The Kier molecular flexibility index (Phi) is 4.83. The molecule has 1 heterocycles. The van der Waals surface area contributed by atoms with Crippen LogP contribution < -0.4 is 5.32 Å². The first-order chi connectivity index (χ1) is 9.92. The monoisotopic (exact) mass is 312 g/mol. The molecule has 0 radical (unpaired) electrons. The quantitative estimate of drug-likeness (QED) is 0.932. The van der Waals surface area contributed by atoms with Gasteiger partial charge in [-0.05, 0) is 37.1 Å². The van der Waals surface area contributed by atoms with E-state index in [2.05, 4.69) is 5.32 Å². The fraction of sp³-hybridized carbons (Fsp3) is 0.467. The molecule has 1 aromatic rings. The highest BCUT2D eigenvalue weighted by atomic mass is 35.5. The maximum Gasteiger partial charge on any atom is 0.245 e. The molecule has 1 N–H and O–H groups in total. The smallest absolute Gasteiger partial charge is 0.245 e. The van der Waals surface area contributed by atoms with E-state index in [9.17, 15) is 14.0 Å². The van der Waals surface area contributed by atoms with Gasteiger partial charge in [0.2, 0.25) is 11.8 Å². The molecule has 0 aliphatic carbocycles. The van der Waals surface area contributed by atoms with Gasteiger partial charge in [0.1, 0.15) is 11.9 Å². The number of benzene rings is 1. The van der Waals surface area contributed by atoms with Gasteiger partial charge in [-0.25, -0.2) is 4.39 Å². The molecule has 2 atom stereocenters. The van der Waals surface area contributed by atoms with Crippen molar-refractivity contribution in [2.75, 3.05) is 0 Å². The molecule has 1 aliphatic rings. The van der Waals surface area contributed by atoms with E-state index < -0.39 is 11.9 Å². The number of hydrogen-bond acceptors (Lipinski definition) is 2. The highest BCUT2D eigenvalue weighted by Gasteiger charge is 2.33. The zero-order valence-electron chi connectivity index (χ0n) is 12.0. The minimum absolute atomic E-state index is 0.143. The number of hydrogen-bond donors (Lipinski definition) is 1. The number of nitrogens with zero attached hydrogens (tertiary/aromatic N) is 1. The number of rotatable bonds is 3. The average molecular weight is 313 g/mol. The summed E-state index contributed by atoms with van der Waals surface area (Å²) in [6, 6.07) is 3.28. The molecule has 114 valence electrons. The van der Waals surface area contributed by atoms with E-state index in [0.717, 1.165) is 0 Å². The molecule has 4 nitrogen and oxygen atoms in total. The van der Waals surface area contributed by atoms with Gasteiger partial charge < -0.3 is 10.2 Å². The molecular formula is C15H18ClFN2O2. The maximum atomic E-state index is 13.4. The molecule has 0 spiro atoms. The Morgan fingerprint density at radius 2 is 2.14 bits per heavy atom. The van der Waals surface area contributed by atoms with Gasteiger partial charge >= 0.3 is 0 Å². The molecule has 2 unspecified atom stereocenters.